The standard InChI is InChI=1S/C17H18N2O3/c1-11-3-6-13(7-4-11)17(22)18-10-16(21)19-14-8-5-12(2)9-15(14)20/h3-9,20H,10H2,1-2H3,(H,18,22)(H,19,21). The molecule has 0 radical (unpaired) electrons. The third-order valence-corrected chi connectivity index (χ3v) is 3.15. The van der Waals surface area contributed by atoms with E-state index in [1.807, 2.05) is 26.0 Å². The number of rotatable bonds is 4. The molecule has 0 bridgehead atoms. The number of benzene rings is 2. The van der Waals surface area contributed by atoms with Crippen LogP contribution in [-0.2, 0) is 4.79 Å². The molecule has 0 aromatic heterocycles. The van der Waals surface area contributed by atoms with Crippen LogP contribution in [-0.4, -0.2) is 23.5 Å². The molecule has 0 aliphatic rings. The first kappa shape index (κ1) is 15.6. The average molecular weight is 298 g/mol. The summed E-state index contributed by atoms with van der Waals surface area (Å²) in [7, 11) is 0. The summed E-state index contributed by atoms with van der Waals surface area (Å²) in [6.07, 6.45) is 0. The molecule has 0 heterocycles. The number of anilines is 1. The fourth-order valence-electron chi connectivity index (χ4n) is 1.91. The lowest BCUT2D eigenvalue weighted by Crippen LogP contribution is -2.32. The number of aryl methyl sites for hydroxylation is 2. The average Bonchev–Trinajstić information content (AvgIpc) is 2.48. The summed E-state index contributed by atoms with van der Waals surface area (Å²) in [6.45, 7) is 3.61. The Balaban J connectivity index is 1.89. The molecule has 0 aliphatic heterocycles. The van der Waals surface area contributed by atoms with Crippen molar-refractivity contribution in [3.63, 3.8) is 0 Å². The van der Waals surface area contributed by atoms with Gasteiger partial charge in [0.05, 0.1) is 12.2 Å². The smallest absolute Gasteiger partial charge is 0.251 e. The van der Waals surface area contributed by atoms with Crippen LogP contribution in [0, 0.1) is 13.8 Å². The Kier molecular flexibility index (Phi) is 4.78. The van der Waals surface area contributed by atoms with E-state index in [4.69, 9.17) is 0 Å². The van der Waals surface area contributed by atoms with Crippen LogP contribution in [0.1, 0.15) is 21.5 Å². The van der Waals surface area contributed by atoms with Crippen LogP contribution in [0.2, 0.25) is 0 Å². The van der Waals surface area contributed by atoms with E-state index >= 15 is 0 Å². The molecule has 0 unspecified atom stereocenters. The molecule has 0 aliphatic carbocycles. The molecule has 22 heavy (non-hydrogen) atoms. The molecule has 0 atom stereocenters. The zero-order valence-corrected chi connectivity index (χ0v) is 12.5. The van der Waals surface area contributed by atoms with Crippen molar-refractivity contribution in [2.24, 2.45) is 0 Å². The molecule has 2 amide bonds. The fraction of sp³-hybridized carbons (Fsp3) is 0.176. The van der Waals surface area contributed by atoms with Gasteiger partial charge >= 0.3 is 0 Å². The maximum Gasteiger partial charge on any atom is 0.251 e. The number of aromatic hydroxyl groups is 1. The topological polar surface area (TPSA) is 78.4 Å². The van der Waals surface area contributed by atoms with Crippen LogP contribution in [0.4, 0.5) is 5.69 Å². The summed E-state index contributed by atoms with van der Waals surface area (Å²) >= 11 is 0. The van der Waals surface area contributed by atoms with Gasteiger partial charge in [-0.05, 0) is 43.7 Å². The van der Waals surface area contributed by atoms with Gasteiger partial charge in [0.1, 0.15) is 5.75 Å². The lowest BCUT2D eigenvalue weighted by molar-refractivity contribution is -0.115. The number of hydrogen-bond donors (Lipinski definition) is 3. The van der Waals surface area contributed by atoms with E-state index in [0.717, 1.165) is 11.1 Å². The predicted octanol–water partition coefficient (Wildman–Crippen LogP) is 2.38. The number of phenols is 1. The van der Waals surface area contributed by atoms with Crippen LogP contribution in [0.3, 0.4) is 0 Å². The minimum Gasteiger partial charge on any atom is -0.506 e. The van der Waals surface area contributed by atoms with Crippen LogP contribution >= 0.6 is 0 Å². The molecule has 2 aromatic carbocycles. The van der Waals surface area contributed by atoms with Crippen molar-refractivity contribution in [1.82, 2.24) is 5.32 Å². The van der Waals surface area contributed by atoms with E-state index in [1.165, 1.54) is 0 Å². The van der Waals surface area contributed by atoms with Gasteiger partial charge in [0.2, 0.25) is 5.91 Å². The van der Waals surface area contributed by atoms with Crippen molar-refractivity contribution in [2.75, 3.05) is 11.9 Å². The highest BCUT2D eigenvalue weighted by atomic mass is 16.3. The number of nitrogens with one attached hydrogen (secondary N) is 2. The van der Waals surface area contributed by atoms with Crippen molar-refractivity contribution in [3.8, 4) is 5.75 Å². The maximum atomic E-state index is 11.9. The molecule has 0 saturated heterocycles. The number of hydrogen-bond acceptors (Lipinski definition) is 3. The lowest BCUT2D eigenvalue weighted by atomic mass is 10.1. The number of amides is 2. The number of phenolic OH excluding ortho intramolecular Hbond substituents is 1. The van der Waals surface area contributed by atoms with E-state index < -0.39 is 5.91 Å². The molecule has 3 N–H and O–H groups in total. The molecule has 5 nitrogen and oxygen atoms in total. The molecule has 0 spiro atoms. The summed E-state index contributed by atoms with van der Waals surface area (Å²) in [6, 6.07) is 12.0. The number of carbonyl (C=O) groups excluding carboxylic acids is 2. The minimum atomic E-state index is -0.403. The van der Waals surface area contributed by atoms with E-state index in [9.17, 15) is 14.7 Å². The molecule has 114 valence electrons. The SMILES string of the molecule is Cc1ccc(C(=O)NCC(=O)Nc2ccc(C)cc2O)cc1. The molecular weight excluding hydrogens is 280 g/mol. The second-order valence-corrected chi connectivity index (χ2v) is 5.12. The largest absolute Gasteiger partial charge is 0.506 e. The Bertz CT molecular complexity index is 694. The van der Waals surface area contributed by atoms with Crippen LogP contribution in [0.5, 0.6) is 5.75 Å². The summed E-state index contributed by atoms with van der Waals surface area (Å²) in [4.78, 5) is 23.7. The molecule has 5 heteroatoms. The highest BCUT2D eigenvalue weighted by molar-refractivity contribution is 5.99. The maximum absolute atomic E-state index is 11.9. The van der Waals surface area contributed by atoms with Gasteiger partial charge in [0.15, 0.2) is 0 Å². The summed E-state index contributed by atoms with van der Waals surface area (Å²) in [5.41, 5.74) is 2.77. The van der Waals surface area contributed by atoms with Gasteiger partial charge in [-0.25, -0.2) is 0 Å². The van der Waals surface area contributed by atoms with Crippen molar-refractivity contribution >= 4 is 17.5 Å². The monoisotopic (exact) mass is 298 g/mol. The van der Waals surface area contributed by atoms with Gasteiger partial charge in [0, 0.05) is 5.56 Å². The minimum absolute atomic E-state index is 0.00166. The quantitative estimate of drug-likeness (QED) is 0.758. The normalized spacial score (nSPS) is 10.1. The van der Waals surface area contributed by atoms with E-state index in [1.54, 1.807) is 30.3 Å². The summed E-state index contributed by atoms with van der Waals surface area (Å²) < 4.78 is 0. The Labute approximate surface area is 129 Å². The second-order valence-electron chi connectivity index (χ2n) is 5.12. The summed E-state index contributed by atoms with van der Waals surface area (Å²) in [5.74, 6) is -0.721. The Hall–Kier alpha value is -2.82. The number of carbonyl (C=O) groups is 2. The third kappa shape index (κ3) is 4.09. The van der Waals surface area contributed by atoms with Gasteiger partial charge < -0.3 is 15.7 Å². The van der Waals surface area contributed by atoms with Crippen molar-refractivity contribution in [2.45, 2.75) is 13.8 Å². The van der Waals surface area contributed by atoms with Gasteiger partial charge in [-0.15, -0.1) is 0 Å². The van der Waals surface area contributed by atoms with E-state index in [0.29, 0.717) is 11.3 Å². The van der Waals surface area contributed by atoms with Crippen LogP contribution < -0.4 is 10.6 Å². The van der Waals surface area contributed by atoms with E-state index in [2.05, 4.69) is 10.6 Å². The Morgan fingerprint density at radius 2 is 1.64 bits per heavy atom. The first-order valence-electron chi connectivity index (χ1n) is 6.90. The molecule has 0 saturated carbocycles. The fourth-order valence-corrected chi connectivity index (χ4v) is 1.91. The zero-order valence-electron chi connectivity index (χ0n) is 12.5. The zero-order chi connectivity index (χ0) is 16.1. The van der Waals surface area contributed by atoms with Gasteiger partial charge in [-0.2, -0.15) is 0 Å². The molecule has 0 fully saturated rings. The highest BCUT2D eigenvalue weighted by Gasteiger charge is 2.09. The first-order valence-corrected chi connectivity index (χ1v) is 6.90. The highest BCUT2D eigenvalue weighted by Crippen LogP contribution is 2.23. The third-order valence-electron chi connectivity index (χ3n) is 3.15. The van der Waals surface area contributed by atoms with Gasteiger partial charge in [-0.1, -0.05) is 23.8 Å². The first-order chi connectivity index (χ1) is 10.5. The molecular formula is C17H18N2O3. The molecule has 2 aromatic rings. The van der Waals surface area contributed by atoms with Gasteiger partial charge in [-0.3, -0.25) is 9.59 Å². The van der Waals surface area contributed by atoms with Crippen molar-refractivity contribution in [1.29, 1.82) is 0 Å². The van der Waals surface area contributed by atoms with E-state index in [-0.39, 0.29) is 18.2 Å². The predicted molar refractivity (Wildman–Crippen MR) is 85.0 cm³/mol. The molecule has 2 rings (SSSR count). The summed E-state index contributed by atoms with van der Waals surface area (Å²) in [5, 5.41) is 14.8. The van der Waals surface area contributed by atoms with Crippen LogP contribution in [0.15, 0.2) is 42.5 Å². The van der Waals surface area contributed by atoms with Crippen LogP contribution in [0.25, 0.3) is 0 Å². The Morgan fingerprint density at radius 3 is 2.27 bits per heavy atom. The lowest BCUT2D eigenvalue weighted by Gasteiger charge is -2.09. The van der Waals surface area contributed by atoms with Crippen molar-refractivity contribution < 1.29 is 14.7 Å². The van der Waals surface area contributed by atoms with Gasteiger partial charge in [0.25, 0.3) is 5.91 Å². The van der Waals surface area contributed by atoms with Crippen molar-refractivity contribution in [3.05, 3.63) is 59.2 Å². The second kappa shape index (κ2) is 6.76. The Morgan fingerprint density at radius 1 is 1.00 bits per heavy atom.